The molecule has 0 unspecified atom stereocenters. The molecule has 0 saturated carbocycles. The van der Waals surface area contributed by atoms with E-state index in [1.165, 1.54) is 24.3 Å². The van der Waals surface area contributed by atoms with Gasteiger partial charge in [0.25, 0.3) is 0 Å². The van der Waals surface area contributed by atoms with Crippen LogP contribution in [0.2, 0.25) is 0 Å². The van der Waals surface area contributed by atoms with Crippen molar-refractivity contribution in [3.05, 3.63) is 95.3 Å². The second kappa shape index (κ2) is 10.9. The van der Waals surface area contributed by atoms with Gasteiger partial charge in [-0.1, -0.05) is 24.3 Å². The number of nitrogens with one attached hydrogen (secondary N) is 1. The van der Waals surface area contributed by atoms with Gasteiger partial charge in [0.05, 0.1) is 10.5 Å². The molecule has 3 aromatic rings. The van der Waals surface area contributed by atoms with E-state index < -0.39 is 39.5 Å². The zero-order valence-corrected chi connectivity index (χ0v) is 20.4. The van der Waals surface area contributed by atoms with Crippen LogP contribution < -0.4 is 10.1 Å². The first-order valence-electron chi connectivity index (χ1n) is 11.5. The lowest BCUT2D eigenvalue weighted by molar-refractivity contribution is -0.137. The molecule has 3 aromatic carbocycles. The molecule has 1 amide bonds. The van der Waals surface area contributed by atoms with Crippen molar-refractivity contribution in [3.63, 3.8) is 0 Å². The molecule has 1 aliphatic heterocycles. The molecule has 0 spiro atoms. The van der Waals surface area contributed by atoms with E-state index in [1.54, 1.807) is 24.3 Å². The molecule has 1 fully saturated rings. The summed E-state index contributed by atoms with van der Waals surface area (Å²) in [5, 5.41) is 2.74. The molecule has 0 bridgehead atoms. The number of carbonyl (C=O) groups excluding carboxylic acids is 1. The van der Waals surface area contributed by atoms with Gasteiger partial charge in [-0.05, 0) is 72.5 Å². The van der Waals surface area contributed by atoms with Crippen LogP contribution in [0.1, 0.15) is 29.5 Å². The van der Waals surface area contributed by atoms with E-state index in [2.05, 4.69) is 5.32 Å². The van der Waals surface area contributed by atoms with Crippen molar-refractivity contribution in [1.82, 2.24) is 9.62 Å². The Kier molecular flexibility index (Phi) is 7.84. The Morgan fingerprint density at radius 3 is 2.43 bits per heavy atom. The average molecular weight is 537 g/mol. The van der Waals surface area contributed by atoms with Gasteiger partial charge in [-0.25, -0.2) is 12.8 Å². The topological polar surface area (TPSA) is 75.7 Å². The Balaban J connectivity index is 1.36. The number of sulfonamides is 1. The van der Waals surface area contributed by atoms with Crippen LogP contribution in [0.3, 0.4) is 0 Å². The number of hydrogen-bond acceptors (Lipinski definition) is 4. The van der Waals surface area contributed by atoms with Crippen LogP contribution in [-0.2, 0) is 34.1 Å². The van der Waals surface area contributed by atoms with Crippen LogP contribution in [0, 0.1) is 5.82 Å². The summed E-state index contributed by atoms with van der Waals surface area (Å²) in [6, 6.07) is 15.1. The summed E-state index contributed by atoms with van der Waals surface area (Å²) in [6.07, 6.45) is -3.58. The quantitative estimate of drug-likeness (QED) is 0.416. The molecule has 1 aliphatic rings. The molecule has 1 N–H and O–H groups in total. The maximum atomic E-state index is 13.2. The van der Waals surface area contributed by atoms with Crippen LogP contribution >= 0.6 is 0 Å². The molecule has 0 aliphatic carbocycles. The van der Waals surface area contributed by atoms with Crippen molar-refractivity contribution < 1.29 is 35.5 Å². The number of benzene rings is 3. The Bertz CT molecular complexity index is 1360. The molecule has 1 heterocycles. The lowest BCUT2D eigenvalue weighted by Gasteiger charge is -2.23. The Morgan fingerprint density at radius 2 is 1.70 bits per heavy atom. The number of amides is 1. The number of ether oxygens (including phenoxy) is 1. The van der Waals surface area contributed by atoms with Crippen LogP contribution in [0.25, 0.3) is 0 Å². The number of hydrogen-bond donors (Lipinski definition) is 1. The van der Waals surface area contributed by atoms with Crippen molar-refractivity contribution in [2.24, 2.45) is 0 Å². The van der Waals surface area contributed by atoms with E-state index in [0.717, 1.165) is 28.6 Å². The van der Waals surface area contributed by atoms with Gasteiger partial charge in [0.1, 0.15) is 24.2 Å². The second-order valence-corrected chi connectivity index (χ2v) is 10.5. The minimum Gasteiger partial charge on any atom is -0.489 e. The maximum Gasteiger partial charge on any atom is 0.416 e. The van der Waals surface area contributed by atoms with E-state index in [0.29, 0.717) is 29.7 Å². The van der Waals surface area contributed by atoms with Gasteiger partial charge in [0.2, 0.25) is 15.9 Å². The Hall–Kier alpha value is -3.44. The number of rotatable bonds is 8. The normalized spacial score (nSPS) is 16.5. The van der Waals surface area contributed by atoms with Gasteiger partial charge < -0.3 is 10.1 Å². The zero-order chi connectivity index (χ0) is 26.6. The van der Waals surface area contributed by atoms with Crippen molar-refractivity contribution >= 4 is 15.9 Å². The van der Waals surface area contributed by atoms with E-state index in [-0.39, 0.29) is 24.6 Å². The van der Waals surface area contributed by atoms with E-state index in [9.17, 15) is 30.8 Å². The highest BCUT2D eigenvalue weighted by Gasteiger charge is 2.39. The highest BCUT2D eigenvalue weighted by Crippen LogP contribution is 2.30. The van der Waals surface area contributed by atoms with Gasteiger partial charge >= 0.3 is 6.18 Å². The van der Waals surface area contributed by atoms with Crippen molar-refractivity contribution in [2.75, 3.05) is 6.54 Å². The minimum absolute atomic E-state index is 0.0714. The summed E-state index contributed by atoms with van der Waals surface area (Å²) in [5.74, 6) is -0.611. The third-order valence-corrected chi connectivity index (χ3v) is 7.87. The largest absolute Gasteiger partial charge is 0.489 e. The summed E-state index contributed by atoms with van der Waals surface area (Å²) >= 11 is 0. The second-order valence-electron chi connectivity index (χ2n) is 8.58. The first-order valence-corrected chi connectivity index (χ1v) is 12.9. The lowest BCUT2D eigenvalue weighted by Crippen LogP contribution is -2.45. The molecule has 11 heteroatoms. The van der Waals surface area contributed by atoms with Gasteiger partial charge in [0, 0.05) is 13.1 Å². The molecule has 196 valence electrons. The third-order valence-electron chi connectivity index (χ3n) is 5.95. The lowest BCUT2D eigenvalue weighted by atomic mass is 10.1. The van der Waals surface area contributed by atoms with Gasteiger partial charge in [-0.15, -0.1) is 0 Å². The SMILES string of the molecule is O=C(NCc1cccc(OCc2cccc(C(F)(F)F)c2)c1)[C@@H]1CCCN1S(=O)(=O)c1ccc(F)cc1. The Morgan fingerprint density at radius 1 is 1.00 bits per heavy atom. The van der Waals surface area contributed by atoms with Crippen molar-refractivity contribution in [1.29, 1.82) is 0 Å². The molecular formula is C26H24F4N2O4S. The summed E-state index contributed by atoms with van der Waals surface area (Å²) in [6.45, 7) is 0.204. The first-order chi connectivity index (χ1) is 17.5. The summed E-state index contributed by atoms with van der Waals surface area (Å²) in [7, 11) is -3.97. The number of nitrogens with zero attached hydrogens (tertiary/aromatic N) is 1. The average Bonchev–Trinajstić information content (AvgIpc) is 3.38. The molecule has 6 nitrogen and oxygen atoms in total. The van der Waals surface area contributed by atoms with Crippen LogP contribution in [0.5, 0.6) is 5.75 Å². The molecule has 0 aromatic heterocycles. The van der Waals surface area contributed by atoms with E-state index in [1.807, 2.05) is 0 Å². The molecule has 1 saturated heterocycles. The van der Waals surface area contributed by atoms with Crippen LogP contribution in [-0.4, -0.2) is 31.2 Å². The predicted octanol–water partition coefficient (Wildman–Crippen LogP) is 4.89. The van der Waals surface area contributed by atoms with Crippen molar-refractivity contribution in [2.45, 2.75) is 43.1 Å². The highest BCUT2D eigenvalue weighted by atomic mass is 32.2. The van der Waals surface area contributed by atoms with Gasteiger partial charge in [-0.2, -0.15) is 17.5 Å². The number of halogens is 4. The molecule has 4 rings (SSSR count). The molecular weight excluding hydrogens is 512 g/mol. The molecule has 37 heavy (non-hydrogen) atoms. The molecule has 1 atom stereocenters. The van der Waals surface area contributed by atoms with Crippen molar-refractivity contribution in [3.8, 4) is 5.75 Å². The zero-order valence-electron chi connectivity index (χ0n) is 19.5. The summed E-state index contributed by atoms with van der Waals surface area (Å²) in [4.78, 5) is 12.8. The van der Waals surface area contributed by atoms with E-state index >= 15 is 0 Å². The fourth-order valence-electron chi connectivity index (χ4n) is 4.09. The monoisotopic (exact) mass is 536 g/mol. The Labute approximate surface area is 211 Å². The number of alkyl halides is 3. The smallest absolute Gasteiger partial charge is 0.416 e. The third kappa shape index (κ3) is 6.47. The fraction of sp³-hybridized carbons (Fsp3) is 0.269. The minimum atomic E-state index is -4.44. The predicted molar refractivity (Wildman–Crippen MR) is 127 cm³/mol. The van der Waals surface area contributed by atoms with Gasteiger partial charge in [-0.3, -0.25) is 4.79 Å². The summed E-state index contributed by atoms with van der Waals surface area (Å²) in [5.41, 5.74) is 0.269. The van der Waals surface area contributed by atoms with Crippen LogP contribution in [0.4, 0.5) is 17.6 Å². The first kappa shape index (κ1) is 26.6. The maximum absolute atomic E-state index is 13.2. The van der Waals surface area contributed by atoms with Crippen LogP contribution in [0.15, 0.2) is 77.7 Å². The van der Waals surface area contributed by atoms with Gasteiger partial charge in [0.15, 0.2) is 0 Å². The highest BCUT2D eigenvalue weighted by molar-refractivity contribution is 7.89. The molecule has 0 radical (unpaired) electrons. The number of carbonyl (C=O) groups is 1. The fourth-order valence-corrected chi connectivity index (χ4v) is 5.74. The standard InChI is InChI=1S/C26H24F4N2O4S/c27-21-9-11-23(12-10-21)37(34,35)32-13-3-8-24(32)25(33)31-16-18-4-2-7-22(15-18)36-17-19-5-1-6-20(14-19)26(28,29)30/h1-2,4-7,9-12,14-15,24H,3,8,13,16-17H2,(H,31,33)/t24-/m0/s1. The van der Waals surface area contributed by atoms with E-state index in [4.69, 9.17) is 4.74 Å². The summed E-state index contributed by atoms with van der Waals surface area (Å²) < 4.78 is 84.7.